The number of piperidine rings is 1. The van der Waals surface area contributed by atoms with Crippen LogP contribution in [-0.4, -0.2) is 42.1 Å². The van der Waals surface area contributed by atoms with Crippen molar-refractivity contribution in [3.8, 4) is 0 Å². The molecule has 20 heavy (non-hydrogen) atoms. The number of hydrogen-bond acceptors (Lipinski definition) is 3. The Morgan fingerprint density at radius 3 is 2.55 bits per heavy atom. The van der Waals surface area contributed by atoms with Gasteiger partial charge in [-0.15, -0.1) is 0 Å². The number of rotatable bonds is 4. The van der Waals surface area contributed by atoms with Gasteiger partial charge in [0.05, 0.1) is 12.5 Å². The molecular formula is C15H19NO4. The van der Waals surface area contributed by atoms with Gasteiger partial charge in [0.15, 0.2) is 0 Å². The molecule has 1 heterocycles. The monoisotopic (exact) mass is 277 g/mol. The summed E-state index contributed by atoms with van der Waals surface area (Å²) < 4.78 is 5.11. The number of benzene rings is 1. The zero-order chi connectivity index (χ0) is 14.5. The van der Waals surface area contributed by atoms with Crippen LogP contribution in [0.15, 0.2) is 24.3 Å². The van der Waals surface area contributed by atoms with E-state index < -0.39 is 5.97 Å². The Morgan fingerprint density at radius 2 is 1.95 bits per heavy atom. The molecule has 1 aliphatic heterocycles. The SMILES string of the molecule is COCc1ccccc1C(=O)N1CCC(C(=O)O)CC1. The van der Waals surface area contributed by atoms with E-state index in [0.717, 1.165) is 5.56 Å². The van der Waals surface area contributed by atoms with Crippen LogP contribution in [-0.2, 0) is 16.1 Å². The van der Waals surface area contributed by atoms with Gasteiger partial charge in [-0.3, -0.25) is 9.59 Å². The van der Waals surface area contributed by atoms with E-state index in [-0.39, 0.29) is 11.8 Å². The first-order valence-electron chi connectivity index (χ1n) is 6.72. The van der Waals surface area contributed by atoms with E-state index in [1.54, 1.807) is 18.1 Å². The molecule has 1 aromatic rings. The molecule has 0 radical (unpaired) electrons. The first kappa shape index (κ1) is 14.5. The number of methoxy groups -OCH3 is 1. The van der Waals surface area contributed by atoms with Gasteiger partial charge in [0, 0.05) is 25.8 Å². The molecule has 0 unspecified atom stereocenters. The Balaban J connectivity index is 2.07. The Hall–Kier alpha value is -1.88. The first-order chi connectivity index (χ1) is 9.63. The van der Waals surface area contributed by atoms with E-state index in [0.29, 0.717) is 38.1 Å². The molecule has 1 amide bonds. The average molecular weight is 277 g/mol. The molecule has 1 aliphatic rings. The third-order valence-corrected chi connectivity index (χ3v) is 3.68. The zero-order valence-corrected chi connectivity index (χ0v) is 11.5. The number of carbonyl (C=O) groups excluding carboxylic acids is 1. The fourth-order valence-corrected chi connectivity index (χ4v) is 2.51. The maximum atomic E-state index is 12.5. The van der Waals surface area contributed by atoms with Crippen LogP contribution in [0.5, 0.6) is 0 Å². The summed E-state index contributed by atoms with van der Waals surface area (Å²) >= 11 is 0. The summed E-state index contributed by atoms with van der Waals surface area (Å²) in [6, 6.07) is 7.37. The van der Waals surface area contributed by atoms with Gasteiger partial charge >= 0.3 is 5.97 Å². The fourth-order valence-electron chi connectivity index (χ4n) is 2.51. The highest BCUT2D eigenvalue weighted by molar-refractivity contribution is 5.95. The predicted octanol–water partition coefficient (Wildman–Crippen LogP) is 1.77. The number of likely N-dealkylation sites (tertiary alicyclic amines) is 1. The number of carbonyl (C=O) groups is 2. The Bertz CT molecular complexity index is 492. The number of carboxylic acids is 1. The Labute approximate surface area is 118 Å². The second-order valence-electron chi connectivity index (χ2n) is 4.99. The number of carboxylic acid groups (broad SMARTS) is 1. The maximum Gasteiger partial charge on any atom is 0.306 e. The van der Waals surface area contributed by atoms with Crippen LogP contribution in [0.3, 0.4) is 0 Å². The Kier molecular flexibility index (Phi) is 4.74. The van der Waals surface area contributed by atoms with E-state index in [1.807, 2.05) is 18.2 Å². The second-order valence-corrected chi connectivity index (χ2v) is 4.99. The van der Waals surface area contributed by atoms with Crippen LogP contribution >= 0.6 is 0 Å². The lowest BCUT2D eigenvalue weighted by Gasteiger charge is -2.30. The standard InChI is InChI=1S/C15H19NO4/c1-20-10-12-4-2-3-5-13(12)14(17)16-8-6-11(7-9-16)15(18)19/h2-5,11H,6-10H2,1H3,(H,18,19). The average Bonchev–Trinajstić information content (AvgIpc) is 2.47. The minimum atomic E-state index is -0.767. The first-order valence-corrected chi connectivity index (χ1v) is 6.72. The molecule has 0 atom stereocenters. The normalized spacial score (nSPS) is 16.1. The summed E-state index contributed by atoms with van der Waals surface area (Å²) in [6.45, 7) is 1.39. The van der Waals surface area contributed by atoms with E-state index in [1.165, 1.54) is 0 Å². The second kappa shape index (κ2) is 6.52. The van der Waals surface area contributed by atoms with Crippen molar-refractivity contribution in [2.24, 2.45) is 5.92 Å². The van der Waals surface area contributed by atoms with Crippen molar-refractivity contribution in [2.75, 3.05) is 20.2 Å². The highest BCUT2D eigenvalue weighted by Crippen LogP contribution is 2.20. The molecule has 1 N–H and O–H groups in total. The van der Waals surface area contributed by atoms with Crippen LogP contribution in [0, 0.1) is 5.92 Å². The summed E-state index contributed by atoms with van der Waals surface area (Å²) in [5.41, 5.74) is 1.50. The van der Waals surface area contributed by atoms with Crippen molar-refractivity contribution in [3.63, 3.8) is 0 Å². The summed E-state index contributed by atoms with van der Waals surface area (Å²) in [5.74, 6) is -1.13. The lowest BCUT2D eigenvalue weighted by atomic mass is 9.96. The van der Waals surface area contributed by atoms with Gasteiger partial charge in [0.25, 0.3) is 5.91 Å². The van der Waals surface area contributed by atoms with Crippen molar-refractivity contribution >= 4 is 11.9 Å². The van der Waals surface area contributed by atoms with Gasteiger partial charge in [0.2, 0.25) is 0 Å². The van der Waals surface area contributed by atoms with E-state index in [9.17, 15) is 9.59 Å². The summed E-state index contributed by atoms with van der Waals surface area (Å²) in [5, 5.41) is 8.97. The van der Waals surface area contributed by atoms with Gasteiger partial charge in [-0.05, 0) is 24.5 Å². The minimum Gasteiger partial charge on any atom is -0.481 e. The van der Waals surface area contributed by atoms with Gasteiger partial charge in [-0.25, -0.2) is 0 Å². The predicted molar refractivity (Wildman–Crippen MR) is 73.4 cm³/mol. The third-order valence-electron chi connectivity index (χ3n) is 3.68. The van der Waals surface area contributed by atoms with Crippen molar-refractivity contribution in [3.05, 3.63) is 35.4 Å². The Morgan fingerprint density at radius 1 is 1.30 bits per heavy atom. The van der Waals surface area contributed by atoms with Gasteiger partial charge in [0.1, 0.15) is 0 Å². The third kappa shape index (κ3) is 3.17. The molecule has 0 aliphatic carbocycles. The molecule has 2 rings (SSSR count). The zero-order valence-electron chi connectivity index (χ0n) is 11.5. The van der Waals surface area contributed by atoms with E-state index in [2.05, 4.69) is 0 Å². The summed E-state index contributed by atoms with van der Waals surface area (Å²) in [4.78, 5) is 25.1. The van der Waals surface area contributed by atoms with Gasteiger partial charge < -0.3 is 14.7 Å². The highest BCUT2D eigenvalue weighted by atomic mass is 16.5. The molecule has 0 spiro atoms. The smallest absolute Gasteiger partial charge is 0.306 e. The molecule has 5 nitrogen and oxygen atoms in total. The molecule has 1 aromatic carbocycles. The number of amides is 1. The fraction of sp³-hybridized carbons (Fsp3) is 0.467. The number of hydrogen-bond donors (Lipinski definition) is 1. The molecule has 0 bridgehead atoms. The number of ether oxygens (including phenoxy) is 1. The molecule has 0 saturated carbocycles. The van der Waals surface area contributed by atoms with Crippen LogP contribution in [0.2, 0.25) is 0 Å². The van der Waals surface area contributed by atoms with Crippen molar-refractivity contribution < 1.29 is 19.4 Å². The molecule has 1 fully saturated rings. The molecular weight excluding hydrogens is 258 g/mol. The minimum absolute atomic E-state index is 0.0403. The van der Waals surface area contributed by atoms with Crippen molar-refractivity contribution in [1.82, 2.24) is 4.90 Å². The van der Waals surface area contributed by atoms with Crippen molar-refractivity contribution in [2.45, 2.75) is 19.4 Å². The molecule has 1 saturated heterocycles. The summed E-state index contributed by atoms with van der Waals surface area (Å²) in [7, 11) is 1.60. The molecule has 5 heteroatoms. The molecule has 0 aromatic heterocycles. The van der Waals surface area contributed by atoms with Crippen LogP contribution in [0.4, 0.5) is 0 Å². The van der Waals surface area contributed by atoms with Crippen LogP contribution in [0.1, 0.15) is 28.8 Å². The van der Waals surface area contributed by atoms with E-state index in [4.69, 9.17) is 9.84 Å². The lowest BCUT2D eigenvalue weighted by Crippen LogP contribution is -2.40. The quantitative estimate of drug-likeness (QED) is 0.910. The highest BCUT2D eigenvalue weighted by Gasteiger charge is 2.28. The summed E-state index contributed by atoms with van der Waals surface area (Å²) in [6.07, 6.45) is 1.04. The largest absolute Gasteiger partial charge is 0.481 e. The topological polar surface area (TPSA) is 66.8 Å². The van der Waals surface area contributed by atoms with Gasteiger partial charge in [-0.1, -0.05) is 18.2 Å². The van der Waals surface area contributed by atoms with Crippen molar-refractivity contribution in [1.29, 1.82) is 0 Å². The number of aliphatic carboxylic acids is 1. The maximum absolute atomic E-state index is 12.5. The van der Waals surface area contributed by atoms with Crippen LogP contribution in [0.25, 0.3) is 0 Å². The lowest BCUT2D eigenvalue weighted by molar-refractivity contribution is -0.143. The van der Waals surface area contributed by atoms with Crippen LogP contribution < -0.4 is 0 Å². The van der Waals surface area contributed by atoms with Gasteiger partial charge in [-0.2, -0.15) is 0 Å². The molecule has 108 valence electrons. The number of nitrogens with zero attached hydrogens (tertiary/aromatic N) is 1. The van der Waals surface area contributed by atoms with E-state index >= 15 is 0 Å².